The maximum Gasteiger partial charge on any atom is 0.241 e. The lowest BCUT2D eigenvalue weighted by atomic mass is 10.0. The molecular weight excluding hydrogens is 214 g/mol. The second-order valence-corrected chi connectivity index (χ2v) is 4.58. The third kappa shape index (κ3) is 3.03. The van der Waals surface area contributed by atoms with Gasteiger partial charge in [-0.1, -0.05) is 6.42 Å². The van der Waals surface area contributed by atoms with Gasteiger partial charge in [-0.25, -0.2) is 0 Å². The summed E-state index contributed by atoms with van der Waals surface area (Å²) in [6.07, 6.45) is 3.20. The first-order valence-electron chi connectivity index (χ1n) is 6.15. The molecule has 1 aliphatic rings. The van der Waals surface area contributed by atoms with Crippen molar-refractivity contribution < 1.29 is 4.79 Å². The van der Waals surface area contributed by atoms with Crippen molar-refractivity contribution in [1.29, 1.82) is 0 Å². The van der Waals surface area contributed by atoms with Crippen LogP contribution >= 0.6 is 0 Å². The van der Waals surface area contributed by atoms with Gasteiger partial charge in [-0.15, -0.1) is 0 Å². The van der Waals surface area contributed by atoms with E-state index in [1.54, 1.807) is 0 Å². The maximum absolute atomic E-state index is 12.0. The Hall–Kier alpha value is -1.42. The summed E-state index contributed by atoms with van der Waals surface area (Å²) in [7, 11) is 0. The van der Waals surface area contributed by atoms with Gasteiger partial charge in [0.1, 0.15) is 0 Å². The zero-order valence-electron chi connectivity index (χ0n) is 10.4. The molecule has 1 aromatic rings. The molecule has 0 aromatic carbocycles. The predicted molar refractivity (Wildman–Crippen MR) is 68.0 cm³/mol. The first-order chi connectivity index (χ1) is 8.16. The van der Waals surface area contributed by atoms with E-state index in [0.717, 1.165) is 42.9 Å². The van der Waals surface area contributed by atoms with Crippen LogP contribution in [0.2, 0.25) is 0 Å². The summed E-state index contributed by atoms with van der Waals surface area (Å²) in [5.41, 5.74) is 2.65. The molecule has 17 heavy (non-hydrogen) atoms. The van der Waals surface area contributed by atoms with Gasteiger partial charge in [-0.2, -0.15) is 0 Å². The number of hydrogen-bond acceptors (Lipinski definition) is 3. The Labute approximate surface area is 102 Å². The molecule has 1 aromatic heterocycles. The molecule has 1 saturated heterocycles. The van der Waals surface area contributed by atoms with Crippen molar-refractivity contribution in [2.45, 2.75) is 39.2 Å². The highest BCUT2D eigenvalue weighted by atomic mass is 16.2. The van der Waals surface area contributed by atoms with Gasteiger partial charge in [-0.05, 0) is 45.4 Å². The molecule has 1 aliphatic heterocycles. The number of pyridine rings is 1. The Balaban J connectivity index is 2.02. The zero-order valence-corrected chi connectivity index (χ0v) is 10.4. The number of piperidine rings is 1. The quantitative estimate of drug-likeness (QED) is 0.818. The van der Waals surface area contributed by atoms with Crippen LogP contribution in [-0.2, 0) is 4.79 Å². The van der Waals surface area contributed by atoms with Crippen LogP contribution in [0, 0.1) is 13.8 Å². The standard InChI is InChI=1S/C13H19N3O/c1-9-6-7-11(10(2)15-9)16-13(17)12-5-3-4-8-14-12/h6-7,12,14H,3-5,8H2,1-2H3,(H,16,17). The summed E-state index contributed by atoms with van der Waals surface area (Å²) in [5.74, 6) is 0.0541. The van der Waals surface area contributed by atoms with Crippen molar-refractivity contribution in [3.05, 3.63) is 23.5 Å². The zero-order chi connectivity index (χ0) is 12.3. The van der Waals surface area contributed by atoms with E-state index in [1.165, 1.54) is 0 Å². The Kier molecular flexibility index (Phi) is 3.74. The topological polar surface area (TPSA) is 54.0 Å². The Morgan fingerprint density at radius 2 is 2.24 bits per heavy atom. The molecule has 1 fully saturated rings. The van der Waals surface area contributed by atoms with Crippen LogP contribution in [0.15, 0.2) is 12.1 Å². The molecule has 92 valence electrons. The SMILES string of the molecule is Cc1ccc(NC(=O)C2CCCCN2)c(C)n1. The summed E-state index contributed by atoms with van der Waals surface area (Å²) in [6, 6.07) is 3.78. The van der Waals surface area contributed by atoms with E-state index in [1.807, 2.05) is 26.0 Å². The van der Waals surface area contributed by atoms with E-state index in [0.29, 0.717) is 0 Å². The highest BCUT2D eigenvalue weighted by molar-refractivity contribution is 5.95. The molecule has 1 unspecified atom stereocenters. The molecule has 2 rings (SSSR count). The summed E-state index contributed by atoms with van der Waals surface area (Å²) in [4.78, 5) is 16.3. The van der Waals surface area contributed by atoms with Crippen LogP contribution in [0.3, 0.4) is 0 Å². The van der Waals surface area contributed by atoms with Crippen molar-refractivity contribution >= 4 is 11.6 Å². The number of anilines is 1. The van der Waals surface area contributed by atoms with Gasteiger partial charge in [0.05, 0.1) is 17.4 Å². The minimum atomic E-state index is -0.0514. The fourth-order valence-electron chi connectivity index (χ4n) is 2.11. The first kappa shape index (κ1) is 12.0. The molecule has 2 N–H and O–H groups in total. The van der Waals surface area contributed by atoms with Crippen molar-refractivity contribution in [3.8, 4) is 0 Å². The third-order valence-electron chi connectivity index (χ3n) is 3.11. The average molecular weight is 233 g/mol. The minimum absolute atomic E-state index is 0.0514. The number of aromatic nitrogens is 1. The molecule has 0 bridgehead atoms. The van der Waals surface area contributed by atoms with Gasteiger partial charge in [0.15, 0.2) is 0 Å². The highest BCUT2D eigenvalue weighted by Gasteiger charge is 2.20. The van der Waals surface area contributed by atoms with E-state index >= 15 is 0 Å². The van der Waals surface area contributed by atoms with Gasteiger partial charge in [-0.3, -0.25) is 9.78 Å². The summed E-state index contributed by atoms with van der Waals surface area (Å²) < 4.78 is 0. The molecule has 1 atom stereocenters. The summed E-state index contributed by atoms with van der Waals surface area (Å²) in [6.45, 7) is 4.79. The fourth-order valence-corrected chi connectivity index (χ4v) is 2.11. The Morgan fingerprint density at radius 3 is 2.88 bits per heavy atom. The largest absolute Gasteiger partial charge is 0.323 e. The van der Waals surface area contributed by atoms with Crippen molar-refractivity contribution in [2.24, 2.45) is 0 Å². The average Bonchev–Trinajstić information content (AvgIpc) is 2.34. The normalized spacial score (nSPS) is 20.0. The van der Waals surface area contributed by atoms with Gasteiger partial charge in [0.25, 0.3) is 0 Å². The smallest absolute Gasteiger partial charge is 0.241 e. The molecule has 4 nitrogen and oxygen atoms in total. The second-order valence-electron chi connectivity index (χ2n) is 4.58. The lowest BCUT2D eigenvalue weighted by Gasteiger charge is -2.22. The fraction of sp³-hybridized carbons (Fsp3) is 0.538. The minimum Gasteiger partial charge on any atom is -0.323 e. The third-order valence-corrected chi connectivity index (χ3v) is 3.11. The molecule has 2 heterocycles. The number of aryl methyl sites for hydroxylation is 2. The lowest BCUT2D eigenvalue weighted by molar-refractivity contribution is -0.118. The van der Waals surface area contributed by atoms with Crippen LogP contribution in [0.5, 0.6) is 0 Å². The van der Waals surface area contributed by atoms with Gasteiger partial charge in [0, 0.05) is 5.69 Å². The summed E-state index contributed by atoms with van der Waals surface area (Å²) in [5, 5.41) is 6.18. The maximum atomic E-state index is 12.0. The van der Waals surface area contributed by atoms with Crippen LogP contribution in [0.4, 0.5) is 5.69 Å². The Bertz CT molecular complexity index is 411. The van der Waals surface area contributed by atoms with Crippen molar-refractivity contribution in [1.82, 2.24) is 10.3 Å². The Morgan fingerprint density at radius 1 is 1.41 bits per heavy atom. The number of rotatable bonds is 2. The number of carbonyl (C=O) groups excluding carboxylic acids is 1. The number of nitrogens with zero attached hydrogens (tertiary/aromatic N) is 1. The lowest BCUT2D eigenvalue weighted by Crippen LogP contribution is -2.43. The molecular formula is C13H19N3O. The number of carbonyl (C=O) groups is 1. The molecule has 0 aliphatic carbocycles. The van der Waals surface area contributed by atoms with Crippen LogP contribution in [-0.4, -0.2) is 23.5 Å². The highest BCUT2D eigenvalue weighted by Crippen LogP contribution is 2.14. The first-order valence-corrected chi connectivity index (χ1v) is 6.15. The van der Waals surface area contributed by atoms with Crippen LogP contribution < -0.4 is 10.6 Å². The van der Waals surface area contributed by atoms with Crippen molar-refractivity contribution in [3.63, 3.8) is 0 Å². The van der Waals surface area contributed by atoms with Gasteiger partial charge in [0.2, 0.25) is 5.91 Å². The molecule has 1 amide bonds. The molecule has 0 spiro atoms. The van der Waals surface area contributed by atoms with E-state index < -0.39 is 0 Å². The van der Waals surface area contributed by atoms with E-state index in [9.17, 15) is 4.79 Å². The van der Waals surface area contributed by atoms with Crippen molar-refractivity contribution in [2.75, 3.05) is 11.9 Å². The summed E-state index contributed by atoms with van der Waals surface area (Å²) >= 11 is 0. The van der Waals surface area contributed by atoms with E-state index in [2.05, 4.69) is 15.6 Å². The molecule has 0 radical (unpaired) electrons. The molecule has 4 heteroatoms. The predicted octanol–water partition coefficient (Wildman–Crippen LogP) is 1.78. The number of nitrogens with one attached hydrogen (secondary N) is 2. The monoisotopic (exact) mass is 233 g/mol. The van der Waals surface area contributed by atoms with E-state index in [4.69, 9.17) is 0 Å². The van der Waals surface area contributed by atoms with E-state index in [-0.39, 0.29) is 11.9 Å². The van der Waals surface area contributed by atoms with Gasteiger partial charge < -0.3 is 10.6 Å². The number of hydrogen-bond donors (Lipinski definition) is 2. The number of amides is 1. The van der Waals surface area contributed by atoms with Crippen LogP contribution in [0.1, 0.15) is 30.7 Å². The van der Waals surface area contributed by atoms with Gasteiger partial charge >= 0.3 is 0 Å². The molecule has 0 saturated carbocycles. The van der Waals surface area contributed by atoms with Crippen LogP contribution in [0.25, 0.3) is 0 Å². The second kappa shape index (κ2) is 5.27.